The average Bonchev–Trinajstić information content (AvgIpc) is 2.62. The molecule has 4 heteroatoms. The third-order valence-electron chi connectivity index (χ3n) is 3.73. The molecule has 0 radical (unpaired) electrons. The quantitative estimate of drug-likeness (QED) is 0.506. The Morgan fingerprint density at radius 2 is 1.04 bits per heavy atom. The van der Waals surface area contributed by atoms with Gasteiger partial charge in [-0.1, -0.05) is 41.5 Å². The van der Waals surface area contributed by atoms with Gasteiger partial charge in [-0.2, -0.15) is 0 Å². The number of benzene rings is 3. The summed E-state index contributed by atoms with van der Waals surface area (Å²) in [5.74, 6) is -0.302. The highest BCUT2D eigenvalue weighted by molar-refractivity contribution is 5.92. The monoisotopic (exact) mass is 346 g/mol. The van der Waals surface area contributed by atoms with Crippen molar-refractivity contribution in [2.45, 2.75) is 13.8 Å². The predicted molar refractivity (Wildman–Crippen MR) is 98.7 cm³/mol. The van der Waals surface area contributed by atoms with Crippen molar-refractivity contribution in [3.8, 4) is 11.5 Å². The molecule has 3 rings (SSSR count). The largest absolute Gasteiger partial charge is 0.423 e. The summed E-state index contributed by atoms with van der Waals surface area (Å²) in [6.45, 7) is 3.81. The number of rotatable bonds is 4. The third kappa shape index (κ3) is 4.36. The van der Waals surface area contributed by atoms with Crippen LogP contribution in [0.2, 0.25) is 0 Å². The highest BCUT2D eigenvalue weighted by atomic mass is 16.5. The van der Waals surface area contributed by atoms with Crippen molar-refractivity contribution in [2.75, 3.05) is 0 Å². The fraction of sp³-hybridized carbons (Fsp3) is 0.0909. The summed E-state index contributed by atoms with van der Waals surface area (Å²) in [5.41, 5.74) is 2.87. The van der Waals surface area contributed by atoms with Gasteiger partial charge in [0.2, 0.25) is 0 Å². The molecule has 0 aromatic heterocycles. The Kier molecular flexibility index (Phi) is 5.13. The zero-order valence-corrected chi connectivity index (χ0v) is 14.6. The lowest BCUT2D eigenvalue weighted by Crippen LogP contribution is -2.10. The van der Waals surface area contributed by atoms with Gasteiger partial charge in [0.15, 0.2) is 0 Å². The average molecular weight is 346 g/mol. The first-order valence-corrected chi connectivity index (χ1v) is 8.19. The Morgan fingerprint density at radius 3 is 1.46 bits per heavy atom. The molecule has 26 heavy (non-hydrogen) atoms. The Bertz CT molecular complexity index is 885. The molecule has 0 atom stereocenters. The molecule has 0 unspecified atom stereocenters. The van der Waals surface area contributed by atoms with Crippen molar-refractivity contribution in [1.82, 2.24) is 0 Å². The van der Waals surface area contributed by atoms with E-state index < -0.39 is 11.9 Å². The summed E-state index contributed by atoms with van der Waals surface area (Å²) in [5, 5.41) is 0. The van der Waals surface area contributed by atoms with E-state index in [1.165, 1.54) is 6.07 Å². The first-order chi connectivity index (χ1) is 12.5. The summed E-state index contributed by atoms with van der Waals surface area (Å²) < 4.78 is 10.7. The van der Waals surface area contributed by atoms with Crippen LogP contribution in [-0.4, -0.2) is 11.9 Å². The lowest BCUT2D eigenvalue weighted by Gasteiger charge is -2.08. The number of carbonyl (C=O) groups excluding carboxylic acids is 2. The Morgan fingerprint density at radius 1 is 0.615 bits per heavy atom. The summed E-state index contributed by atoms with van der Waals surface area (Å²) in [6.07, 6.45) is 0. The second-order valence-corrected chi connectivity index (χ2v) is 5.99. The maximum atomic E-state index is 12.2. The second kappa shape index (κ2) is 7.66. The van der Waals surface area contributed by atoms with E-state index in [1.807, 2.05) is 26.0 Å². The smallest absolute Gasteiger partial charge is 0.343 e. The molecule has 0 fully saturated rings. The van der Waals surface area contributed by atoms with Crippen LogP contribution < -0.4 is 9.47 Å². The van der Waals surface area contributed by atoms with Crippen LogP contribution in [0.25, 0.3) is 0 Å². The van der Waals surface area contributed by atoms with E-state index in [9.17, 15) is 9.59 Å². The molecule has 0 amide bonds. The molecule has 0 aliphatic carbocycles. The molecular weight excluding hydrogens is 328 g/mol. The predicted octanol–water partition coefficient (Wildman–Crippen LogP) is 4.74. The molecular formula is C22H18O4. The van der Waals surface area contributed by atoms with Crippen LogP contribution in [0.1, 0.15) is 31.8 Å². The van der Waals surface area contributed by atoms with Crippen LogP contribution in [0, 0.1) is 13.8 Å². The maximum absolute atomic E-state index is 12.2. The molecule has 3 aromatic carbocycles. The number of hydrogen-bond acceptors (Lipinski definition) is 4. The van der Waals surface area contributed by atoms with Gasteiger partial charge in [0.1, 0.15) is 11.5 Å². The van der Waals surface area contributed by atoms with Gasteiger partial charge in [-0.05, 0) is 50.2 Å². The first-order valence-electron chi connectivity index (χ1n) is 8.19. The summed E-state index contributed by atoms with van der Waals surface area (Å²) in [4.78, 5) is 24.5. The van der Waals surface area contributed by atoms with Crippen molar-refractivity contribution in [1.29, 1.82) is 0 Å². The standard InChI is InChI=1S/C22H18O4/c1-15-6-3-8-17(12-15)21(23)25-19-10-5-11-20(14-19)26-22(24)18-9-4-7-16(2)13-18/h3-14H,1-2H3. The lowest BCUT2D eigenvalue weighted by molar-refractivity contribution is 0.0732. The van der Waals surface area contributed by atoms with Gasteiger partial charge in [0.25, 0.3) is 0 Å². The number of aryl methyl sites for hydroxylation is 2. The number of esters is 2. The van der Waals surface area contributed by atoms with Crippen LogP contribution in [0.5, 0.6) is 11.5 Å². The fourth-order valence-corrected chi connectivity index (χ4v) is 2.48. The maximum Gasteiger partial charge on any atom is 0.343 e. The van der Waals surface area contributed by atoms with E-state index in [-0.39, 0.29) is 0 Å². The lowest BCUT2D eigenvalue weighted by atomic mass is 10.1. The van der Waals surface area contributed by atoms with E-state index in [0.29, 0.717) is 22.6 Å². The molecule has 0 heterocycles. The molecule has 0 spiro atoms. The summed E-state index contributed by atoms with van der Waals surface area (Å²) >= 11 is 0. The van der Waals surface area contributed by atoms with Gasteiger partial charge in [0, 0.05) is 6.07 Å². The van der Waals surface area contributed by atoms with Gasteiger partial charge in [0.05, 0.1) is 11.1 Å². The van der Waals surface area contributed by atoms with Crippen LogP contribution in [0.3, 0.4) is 0 Å². The first kappa shape index (κ1) is 17.4. The van der Waals surface area contributed by atoms with E-state index in [1.54, 1.807) is 54.6 Å². The Hall–Kier alpha value is -3.40. The van der Waals surface area contributed by atoms with Crippen molar-refractivity contribution in [3.05, 3.63) is 95.1 Å². The normalized spacial score (nSPS) is 10.2. The van der Waals surface area contributed by atoms with Crippen molar-refractivity contribution < 1.29 is 19.1 Å². The topological polar surface area (TPSA) is 52.6 Å². The van der Waals surface area contributed by atoms with E-state index in [0.717, 1.165) is 11.1 Å². The minimum Gasteiger partial charge on any atom is -0.423 e. The highest BCUT2D eigenvalue weighted by Gasteiger charge is 2.12. The van der Waals surface area contributed by atoms with E-state index in [4.69, 9.17) is 9.47 Å². The SMILES string of the molecule is Cc1cccc(C(=O)Oc2cccc(OC(=O)c3cccc(C)c3)c2)c1. The van der Waals surface area contributed by atoms with Gasteiger partial charge in [-0.25, -0.2) is 9.59 Å². The molecule has 0 aliphatic heterocycles. The molecule has 0 saturated carbocycles. The van der Waals surface area contributed by atoms with E-state index >= 15 is 0 Å². The number of hydrogen-bond donors (Lipinski definition) is 0. The Balaban J connectivity index is 1.72. The zero-order chi connectivity index (χ0) is 18.5. The molecule has 0 bridgehead atoms. The molecule has 4 nitrogen and oxygen atoms in total. The summed E-state index contributed by atoms with van der Waals surface area (Å²) in [7, 11) is 0. The molecule has 130 valence electrons. The number of carbonyl (C=O) groups is 2. The molecule has 0 aliphatic rings. The highest BCUT2D eigenvalue weighted by Crippen LogP contribution is 2.22. The van der Waals surface area contributed by atoms with Gasteiger partial charge in [-0.15, -0.1) is 0 Å². The van der Waals surface area contributed by atoms with Crippen molar-refractivity contribution in [2.24, 2.45) is 0 Å². The van der Waals surface area contributed by atoms with E-state index in [2.05, 4.69) is 0 Å². The van der Waals surface area contributed by atoms with Crippen molar-refractivity contribution in [3.63, 3.8) is 0 Å². The van der Waals surface area contributed by atoms with Crippen LogP contribution in [0.4, 0.5) is 0 Å². The fourth-order valence-electron chi connectivity index (χ4n) is 2.48. The van der Waals surface area contributed by atoms with Gasteiger partial charge >= 0.3 is 11.9 Å². The number of ether oxygens (including phenoxy) is 2. The zero-order valence-electron chi connectivity index (χ0n) is 14.6. The van der Waals surface area contributed by atoms with Crippen molar-refractivity contribution >= 4 is 11.9 Å². The Labute approximate surface area is 152 Å². The molecule has 3 aromatic rings. The van der Waals surface area contributed by atoms with Gasteiger partial charge in [-0.3, -0.25) is 0 Å². The minimum atomic E-state index is -0.462. The minimum absolute atomic E-state index is 0.311. The molecule has 0 saturated heterocycles. The van der Waals surface area contributed by atoms with Crippen LogP contribution >= 0.6 is 0 Å². The third-order valence-corrected chi connectivity index (χ3v) is 3.73. The molecule has 0 N–H and O–H groups in total. The second-order valence-electron chi connectivity index (χ2n) is 5.99. The summed E-state index contributed by atoms with van der Waals surface area (Å²) in [6, 6.07) is 20.7. The van der Waals surface area contributed by atoms with Crippen LogP contribution in [-0.2, 0) is 0 Å². The van der Waals surface area contributed by atoms with Crippen LogP contribution in [0.15, 0.2) is 72.8 Å². The van der Waals surface area contributed by atoms with Gasteiger partial charge < -0.3 is 9.47 Å².